The van der Waals surface area contributed by atoms with E-state index in [1.54, 1.807) is 35.2 Å². The molecule has 0 aliphatic rings. The third-order valence-electron chi connectivity index (χ3n) is 4.13. The van der Waals surface area contributed by atoms with Crippen molar-refractivity contribution in [3.8, 4) is 0 Å². The SMILES string of the molecule is Cc1ccc(CNC(=O)COC(=O)c2ccccc2CSc2nc(C)cs2)cc1. The Bertz CT molecular complexity index is 984. The summed E-state index contributed by atoms with van der Waals surface area (Å²) in [4.78, 5) is 28.9. The molecule has 2 aromatic carbocycles. The summed E-state index contributed by atoms with van der Waals surface area (Å²) in [7, 11) is 0. The van der Waals surface area contributed by atoms with Crippen molar-refractivity contribution in [3.63, 3.8) is 0 Å². The molecule has 3 rings (SSSR count). The first-order valence-corrected chi connectivity index (χ1v) is 11.0. The van der Waals surface area contributed by atoms with Crippen LogP contribution in [0.1, 0.15) is 32.7 Å². The first kappa shape index (κ1) is 21.1. The van der Waals surface area contributed by atoms with Crippen LogP contribution in [0.4, 0.5) is 0 Å². The second-order valence-corrected chi connectivity index (χ2v) is 8.62. The smallest absolute Gasteiger partial charge is 0.338 e. The van der Waals surface area contributed by atoms with E-state index in [0.717, 1.165) is 26.7 Å². The van der Waals surface area contributed by atoms with Crippen LogP contribution < -0.4 is 5.32 Å². The quantitative estimate of drug-likeness (QED) is 0.423. The zero-order valence-corrected chi connectivity index (χ0v) is 17.9. The number of nitrogens with one attached hydrogen (secondary N) is 1. The zero-order valence-electron chi connectivity index (χ0n) is 16.3. The zero-order chi connectivity index (χ0) is 20.6. The van der Waals surface area contributed by atoms with Crippen molar-refractivity contribution in [2.45, 2.75) is 30.5 Å². The highest BCUT2D eigenvalue weighted by atomic mass is 32.2. The molecule has 5 nitrogen and oxygen atoms in total. The number of hydrogen-bond donors (Lipinski definition) is 1. The van der Waals surface area contributed by atoms with E-state index in [1.165, 1.54) is 0 Å². The number of rotatable bonds is 8. The van der Waals surface area contributed by atoms with Gasteiger partial charge in [-0.3, -0.25) is 4.79 Å². The van der Waals surface area contributed by atoms with Gasteiger partial charge in [0.2, 0.25) is 0 Å². The van der Waals surface area contributed by atoms with Crippen molar-refractivity contribution >= 4 is 35.0 Å². The molecule has 0 fully saturated rings. The standard InChI is InChI=1S/C22H22N2O3S2/c1-15-7-9-17(10-8-15)11-23-20(25)12-27-21(26)19-6-4-3-5-18(19)14-29-22-24-16(2)13-28-22/h3-10,13H,11-12,14H2,1-2H3,(H,23,25). The van der Waals surface area contributed by atoms with Crippen LogP contribution in [0.15, 0.2) is 58.3 Å². The number of carbonyl (C=O) groups excluding carboxylic acids is 2. The first-order chi connectivity index (χ1) is 14.0. The second kappa shape index (κ2) is 10.2. The molecule has 0 aliphatic carbocycles. The summed E-state index contributed by atoms with van der Waals surface area (Å²) in [6, 6.07) is 15.2. The minimum absolute atomic E-state index is 0.308. The molecule has 0 spiro atoms. The van der Waals surface area contributed by atoms with E-state index >= 15 is 0 Å². The summed E-state index contributed by atoms with van der Waals surface area (Å²) in [5.41, 5.74) is 4.47. The van der Waals surface area contributed by atoms with Gasteiger partial charge >= 0.3 is 5.97 Å². The van der Waals surface area contributed by atoms with Crippen LogP contribution in [0.25, 0.3) is 0 Å². The van der Waals surface area contributed by atoms with Crippen LogP contribution in [-0.2, 0) is 21.8 Å². The summed E-state index contributed by atoms with van der Waals surface area (Å²) < 4.78 is 6.18. The Balaban J connectivity index is 1.50. The number of carbonyl (C=O) groups is 2. The van der Waals surface area contributed by atoms with Crippen molar-refractivity contribution in [1.82, 2.24) is 10.3 Å². The fourth-order valence-corrected chi connectivity index (χ4v) is 4.40. The molecule has 0 atom stereocenters. The van der Waals surface area contributed by atoms with Gasteiger partial charge in [-0.05, 0) is 31.0 Å². The van der Waals surface area contributed by atoms with Gasteiger partial charge in [0.25, 0.3) is 5.91 Å². The number of hydrogen-bond acceptors (Lipinski definition) is 6. The van der Waals surface area contributed by atoms with Crippen molar-refractivity contribution in [3.05, 3.63) is 81.9 Å². The maximum absolute atomic E-state index is 12.5. The normalized spacial score (nSPS) is 10.6. The monoisotopic (exact) mass is 426 g/mol. The Morgan fingerprint density at radius 1 is 1.10 bits per heavy atom. The Labute approximate surface area is 178 Å². The van der Waals surface area contributed by atoms with E-state index in [0.29, 0.717) is 17.9 Å². The van der Waals surface area contributed by atoms with Gasteiger partial charge in [-0.25, -0.2) is 9.78 Å². The van der Waals surface area contributed by atoms with Gasteiger partial charge in [0.1, 0.15) is 4.34 Å². The van der Waals surface area contributed by atoms with Gasteiger partial charge in [0.05, 0.1) is 5.56 Å². The summed E-state index contributed by atoms with van der Waals surface area (Å²) >= 11 is 3.16. The van der Waals surface area contributed by atoms with E-state index < -0.39 is 5.97 Å². The third kappa shape index (κ3) is 6.44. The molecule has 0 radical (unpaired) electrons. The molecular weight excluding hydrogens is 404 g/mol. The lowest BCUT2D eigenvalue weighted by atomic mass is 10.1. The molecule has 1 heterocycles. The molecule has 0 saturated heterocycles. The number of amides is 1. The number of aryl methyl sites for hydroxylation is 2. The lowest BCUT2D eigenvalue weighted by Gasteiger charge is -2.10. The van der Waals surface area contributed by atoms with Crippen LogP contribution >= 0.6 is 23.1 Å². The highest BCUT2D eigenvalue weighted by Crippen LogP contribution is 2.27. The number of nitrogens with zero attached hydrogens (tertiary/aromatic N) is 1. The predicted octanol–water partition coefficient (Wildman–Crippen LogP) is 4.53. The Kier molecular flexibility index (Phi) is 7.43. The van der Waals surface area contributed by atoms with E-state index in [4.69, 9.17) is 4.74 Å². The van der Waals surface area contributed by atoms with Gasteiger partial charge in [0.15, 0.2) is 6.61 Å². The van der Waals surface area contributed by atoms with Crippen LogP contribution in [-0.4, -0.2) is 23.5 Å². The number of ether oxygens (including phenoxy) is 1. The lowest BCUT2D eigenvalue weighted by Crippen LogP contribution is -2.28. The first-order valence-electron chi connectivity index (χ1n) is 9.13. The van der Waals surface area contributed by atoms with Crippen molar-refractivity contribution < 1.29 is 14.3 Å². The minimum Gasteiger partial charge on any atom is -0.452 e. The van der Waals surface area contributed by atoms with Crippen LogP contribution in [0.2, 0.25) is 0 Å². The number of benzene rings is 2. The second-order valence-electron chi connectivity index (χ2n) is 6.54. The number of aromatic nitrogens is 1. The van der Waals surface area contributed by atoms with Crippen LogP contribution in [0.3, 0.4) is 0 Å². The maximum atomic E-state index is 12.5. The summed E-state index contributed by atoms with van der Waals surface area (Å²) in [6.07, 6.45) is 0. The van der Waals surface area contributed by atoms with E-state index in [2.05, 4.69) is 10.3 Å². The Morgan fingerprint density at radius 2 is 1.86 bits per heavy atom. The molecule has 1 N–H and O–H groups in total. The summed E-state index contributed by atoms with van der Waals surface area (Å²) in [5.74, 6) is -0.219. The fourth-order valence-electron chi connectivity index (χ4n) is 2.55. The van der Waals surface area contributed by atoms with Gasteiger partial charge in [-0.15, -0.1) is 11.3 Å². The Morgan fingerprint density at radius 3 is 2.59 bits per heavy atom. The van der Waals surface area contributed by atoms with Gasteiger partial charge < -0.3 is 10.1 Å². The van der Waals surface area contributed by atoms with Crippen molar-refractivity contribution in [2.75, 3.05) is 6.61 Å². The average Bonchev–Trinajstić information content (AvgIpc) is 3.15. The average molecular weight is 427 g/mol. The molecule has 1 amide bonds. The Hall–Kier alpha value is -2.64. The van der Waals surface area contributed by atoms with Crippen molar-refractivity contribution in [1.29, 1.82) is 0 Å². The van der Waals surface area contributed by atoms with Crippen molar-refractivity contribution in [2.24, 2.45) is 0 Å². The summed E-state index contributed by atoms with van der Waals surface area (Å²) in [5, 5.41) is 4.76. The van der Waals surface area contributed by atoms with E-state index in [9.17, 15) is 9.59 Å². The number of thioether (sulfide) groups is 1. The van der Waals surface area contributed by atoms with Crippen LogP contribution in [0, 0.1) is 13.8 Å². The largest absolute Gasteiger partial charge is 0.452 e. The fraction of sp³-hybridized carbons (Fsp3) is 0.227. The molecule has 0 aliphatic heterocycles. The third-order valence-corrected chi connectivity index (χ3v) is 6.32. The van der Waals surface area contributed by atoms with Gasteiger partial charge in [-0.1, -0.05) is 59.8 Å². The minimum atomic E-state index is -0.498. The van der Waals surface area contributed by atoms with E-state index in [-0.39, 0.29) is 12.5 Å². The molecule has 1 aromatic heterocycles. The number of thiazole rings is 1. The summed E-state index contributed by atoms with van der Waals surface area (Å²) in [6.45, 7) is 4.06. The molecule has 0 unspecified atom stereocenters. The molecule has 29 heavy (non-hydrogen) atoms. The topological polar surface area (TPSA) is 68.3 Å². The van der Waals surface area contributed by atoms with Gasteiger partial charge in [-0.2, -0.15) is 0 Å². The molecule has 3 aromatic rings. The van der Waals surface area contributed by atoms with Gasteiger partial charge in [0, 0.05) is 23.4 Å². The highest BCUT2D eigenvalue weighted by Gasteiger charge is 2.15. The molecular formula is C22H22N2O3S2. The predicted molar refractivity (Wildman–Crippen MR) is 116 cm³/mol. The highest BCUT2D eigenvalue weighted by molar-refractivity contribution is 8.00. The molecule has 150 valence electrons. The maximum Gasteiger partial charge on any atom is 0.338 e. The van der Waals surface area contributed by atoms with Crippen LogP contribution in [0.5, 0.6) is 0 Å². The lowest BCUT2D eigenvalue weighted by molar-refractivity contribution is -0.124. The van der Waals surface area contributed by atoms with E-state index in [1.807, 2.05) is 55.6 Å². The molecule has 0 bridgehead atoms. The molecule has 0 saturated carbocycles. The number of esters is 1. The molecule has 7 heteroatoms.